The Labute approximate surface area is 138 Å². The number of allylic oxidation sites excluding steroid dienone is 4. The molecule has 0 spiro atoms. The third kappa shape index (κ3) is 4.06. The van der Waals surface area contributed by atoms with Crippen molar-refractivity contribution in [3.05, 3.63) is 55.2 Å². The van der Waals surface area contributed by atoms with Crippen LogP contribution in [-0.2, 0) is 4.79 Å². The molecule has 112 valence electrons. The number of hydrogen-bond donors (Lipinski definition) is 0. The van der Waals surface area contributed by atoms with Crippen LogP contribution in [0, 0.1) is 14.9 Å². The largest absolute Gasteiger partial charge is 0.353 e. The highest BCUT2D eigenvalue weighted by atomic mass is 127. The Morgan fingerprint density at radius 3 is 2.48 bits per heavy atom. The van der Waals surface area contributed by atoms with Gasteiger partial charge in [-0.15, -0.1) is 0 Å². The molecule has 1 aliphatic carbocycles. The molecule has 0 N–H and O–H groups in total. The number of halogens is 1. The average Bonchev–Trinajstić information content (AvgIpc) is 2.46. The van der Waals surface area contributed by atoms with Crippen molar-refractivity contribution in [3.63, 3.8) is 0 Å². The lowest BCUT2D eigenvalue weighted by Gasteiger charge is -2.24. The van der Waals surface area contributed by atoms with E-state index in [4.69, 9.17) is 0 Å². The van der Waals surface area contributed by atoms with Gasteiger partial charge in [0.25, 0.3) is 0 Å². The summed E-state index contributed by atoms with van der Waals surface area (Å²) in [6, 6.07) is 10.6. The minimum Gasteiger partial charge on any atom is -0.294 e. The molecule has 1 aromatic rings. The lowest BCUT2D eigenvalue weighted by molar-refractivity contribution is -0.579. The van der Waals surface area contributed by atoms with E-state index >= 15 is 0 Å². The third-order valence-corrected chi connectivity index (χ3v) is 6.66. The topological polar surface area (TPSA) is 17.1 Å². The molecule has 0 amide bonds. The van der Waals surface area contributed by atoms with Gasteiger partial charge in [-0.1, -0.05) is 58.0 Å². The number of benzene rings is 1. The summed E-state index contributed by atoms with van der Waals surface area (Å²) in [7, 11) is 0. The van der Waals surface area contributed by atoms with Crippen molar-refractivity contribution in [1.29, 1.82) is 0 Å². The predicted octanol–water partition coefficient (Wildman–Crippen LogP) is 1.80. The Kier molecular flexibility index (Phi) is 5.42. The van der Waals surface area contributed by atoms with Gasteiger partial charge >= 0.3 is 21.2 Å². The molecule has 1 atom stereocenters. The minimum absolute atomic E-state index is 0.242. The van der Waals surface area contributed by atoms with E-state index in [0.717, 1.165) is 18.4 Å². The molecule has 1 aliphatic rings. The van der Waals surface area contributed by atoms with Crippen molar-refractivity contribution < 1.29 is 26.0 Å². The van der Waals surface area contributed by atoms with Gasteiger partial charge in [-0.2, -0.15) is 0 Å². The zero-order valence-corrected chi connectivity index (χ0v) is 15.5. The quantitative estimate of drug-likeness (QED) is 0.562. The van der Waals surface area contributed by atoms with E-state index in [1.54, 1.807) is 0 Å². The zero-order chi connectivity index (χ0) is 15.5. The average molecular weight is 395 g/mol. The molecule has 0 aliphatic heterocycles. The molecule has 1 unspecified atom stereocenters. The van der Waals surface area contributed by atoms with Gasteiger partial charge in [-0.05, 0) is 18.6 Å². The normalized spacial score (nSPS) is 19.0. The molecular formula is C19H24IO+. The second-order valence-electron chi connectivity index (χ2n) is 6.43. The standard InChI is InChI=1S/C19H24IO/c1-5-14-10-9-13-16(17(14)18(21)19(2,3)4)20-15-11-7-6-8-12-15/h6-12,14H,5,13H2,1-4H3/q+1. The van der Waals surface area contributed by atoms with Gasteiger partial charge in [0.15, 0.2) is 12.9 Å². The van der Waals surface area contributed by atoms with E-state index in [0.29, 0.717) is 11.7 Å². The molecule has 1 nitrogen and oxygen atoms in total. The van der Waals surface area contributed by atoms with E-state index in [1.165, 1.54) is 7.15 Å². The van der Waals surface area contributed by atoms with Crippen molar-refractivity contribution in [2.75, 3.05) is 0 Å². The number of carbonyl (C=O) groups excluding carboxylic acids is 1. The van der Waals surface area contributed by atoms with Crippen molar-refractivity contribution in [1.82, 2.24) is 0 Å². The van der Waals surface area contributed by atoms with Crippen LogP contribution in [0.1, 0.15) is 40.5 Å². The molecule has 1 aromatic carbocycles. The highest BCUT2D eigenvalue weighted by molar-refractivity contribution is 6.00. The smallest absolute Gasteiger partial charge is 0.294 e. The van der Waals surface area contributed by atoms with Gasteiger partial charge in [0.1, 0.15) is 0 Å². The number of rotatable bonds is 4. The van der Waals surface area contributed by atoms with Crippen LogP contribution < -0.4 is 21.2 Å². The van der Waals surface area contributed by atoms with Crippen molar-refractivity contribution >= 4 is 5.78 Å². The van der Waals surface area contributed by atoms with Crippen LogP contribution in [0.4, 0.5) is 0 Å². The van der Waals surface area contributed by atoms with Crippen molar-refractivity contribution in [2.24, 2.45) is 11.3 Å². The van der Waals surface area contributed by atoms with Crippen LogP contribution in [0.3, 0.4) is 0 Å². The molecule has 21 heavy (non-hydrogen) atoms. The lowest BCUT2D eigenvalue weighted by Crippen LogP contribution is -3.61. The minimum atomic E-state index is -0.292. The summed E-state index contributed by atoms with van der Waals surface area (Å²) in [4.78, 5) is 12.9. The highest BCUT2D eigenvalue weighted by Gasteiger charge is 2.37. The molecule has 0 fully saturated rings. The second kappa shape index (κ2) is 6.91. The summed E-state index contributed by atoms with van der Waals surface area (Å²) in [5, 5.41) is 0. The third-order valence-electron chi connectivity index (χ3n) is 3.65. The van der Waals surface area contributed by atoms with E-state index in [9.17, 15) is 4.79 Å². The van der Waals surface area contributed by atoms with Gasteiger partial charge < -0.3 is 0 Å². The Morgan fingerprint density at radius 2 is 1.90 bits per heavy atom. The van der Waals surface area contributed by atoms with E-state index in [2.05, 4.69) is 49.4 Å². The van der Waals surface area contributed by atoms with Crippen LogP contribution in [0.2, 0.25) is 0 Å². The zero-order valence-electron chi connectivity index (χ0n) is 13.3. The Bertz CT molecular complexity index is 561. The van der Waals surface area contributed by atoms with Gasteiger partial charge in [0.05, 0.1) is 5.57 Å². The van der Waals surface area contributed by atoms with Gasteiger partial charge in [-0.25, -0.2) is 0 Å². The maximum atomic E-state index is 12.9. The Balaban J connectivity index is 2.39. The van der Waals surface area contributed by atoms with E-state index < -0.39 is 0 Å². The molecule has 0 radical (unpaired) electrons. The number of carbonyl (C=O) groups is 1. The van der Waals surface area contributed by atoms with Crippen LogP contribution in [-0.4, -0.2) is 5.78 Å². The Morgan fingerprint density at radius 1 is 1.24 bits per heavy atom. The first-order valence-corrected chi connectivity index (χ1v) is 9.73. The fourth-order valence-corrected chi connectivity index (χ4v) is 5.41. The first kappa shape index (κ1) is 16.5. The van der Waals surface area contributed by atoms with Crippen LogP contribution in [0.5, 0.6) is 0 Å². The summed E-state index contributed by atoms with van der Waals surface area (Å²) >= 11 is -0.242. The molecule has 0 heterocycles. The fraction of sp³-hybridized carbons (Fsp3) is 0.421. The summed E-state index contributed by atoms with van der Waals surface area (Å²) in [5.41, 5.74) is 0.823. The van der Waals surface area contributed by atoms with Gasteiger partial charge in [-0.3, -0.25) is 4.79 Å². The molecule has 0 aromatic heterocycles. The molecular weight excluding hydrogens is 371 g/mol. The van der Waals surface area contributed by atoms with Crippen LogP contribution >= 0.6 is 0 Å². The van der Waals surface area contributed by atoms with Gasteiger partial charge in [0, 0.05) is 17.8 Å². The monoisotopic (exact) mass is 395 g/mol. The SMILES string of the molecule is CCC1C=CCC([I+]c2ccccc2)=C1C(=O)C(C)(C)C. The van der Waals surface area contributed by atoms with Crippen molar-refractivity contribution in [2.45, 2.75) is 40.5 Å². The van der Waals surface area contributed by atoms with Crippen LogP contribution in [0.25, 0.3) is 0 Å². The fourth-order valence-electron chi connectivity index (χ4n) is 2.48. The first-order chi connectivity index (χ1) is 9.93. The predicted molar refractivity (Wildman–Crippen MR) is 84.2 cm³/mol. The molecule has 2 rings (SSSR count). The van der Waals surface area contributed by atoms with E-state index in [1.807, 2.05) is 20.8 Å². The molecule has 0 bridgehead atoms. The number of hydrogen-bond acceptors (Lipinski definition) is 1. The summed E-state index contributed by atoms with van der Waals surface area (Å²) in [5.74, 6) is 0.646. The van der Waals surface area contributed by atoms with Crippen molar-refractivity contribution in [3.8, 4) is 0 Å². The first-order valence-electron chi connectivity index (χ1n) is 7.58. The number of ketones is 1. The maximum absolute atomic E-state index is 12.9. The number of Topliss-reactive ketones (excluding diaryl/α,β-unsaturated/α-hetero) is 1. The summed E-state index contributed by atoms with van der Waals surface area (Å²) < 4.78 is 2.81. The maximum Gasteiger partial charge on any atom is 0.353 e. The highest BCUT2D eigenvalue weighted by Crippen LogP contribution is 2.31. The van der Waals surface area contributed by atoms with Crippen LogP contribution in [0.15, 0.2) is 51.6 Å². The summed E-state index contributed by atoms with van der Waals surface area (Å²) in [6.45, 7) is 8.28. The van der Waals surface area contributed by atoms with Gasteiger partial charge in [0.2, 0.25) is 0 Å². The second-order valence-corrected chi connectivity index (χ2v) is 9.52. The molecule has 0 saturated heterocycles. The Hall–Kier alpha value is -0.900. The lowest BCUT2D eigenvalue weighted by atomic mass is 9.78. The molecule has 0 saturated carbocycles. The summed E-state index contributed by atoms with van der Waals surface area (Å²) in [6.07, 6.45) is 6.45. The molecule has 2 heteroatoms. The van der Waals surface area contributed by atoms with E-state index in [-0.39, 0.29) is 26.6 Å².